The summed E-state index contributed by atoms with van der Waals surface area (Å²) in [5.74, 6) is 1.37. The number of anilines is 1. The summed E-state index contributed by atoms with van der Waals surface area (Å²) in [4.78, 5) is 12.0. The van der Waals surface area contributed by atoms with Crippen LogP contribution in [-0.2, 0) is 6.54 Å². The summed E-state index contributed by atoms with van der Waals surface area (Å²) in [6, 6.07) is 0.383. The third-order valence-electron chi connectivity index (χ3n) is 3.93. The molecule has 0 aliphatic carbocycles. The zero-order chi connectivity index (χ0) is 15.8. The van der Waals surface area contributed by atoms with Crippen LogP contribution in [0.4, 0.5) is 5.13 Å². The molecular weight excluding hydrogens is 314 g/mol. The van der Waals surface area contributed by atoms with Gasteiger partial charge < -0.3 is 9.84 Å². The molecule has 3 aromatic heterocycles. The molecule has 122 valence electrons. The van der Waals surface area contributed by atoms with E-state index in [1.165, 1.54) is 0 Å². The topological polar surface area (TPSA) is 84.4 Å². The third kappa shape index (κ3) is 3.20. The fourth-order valence-electron chi connectivity index (χ4n) is 2.96. The van der Waals surface area contributed by atoms with Crippen LogP contribution in [0, 0.1) is 13.8 Å². The van der Waals surface area contributed by atoms with E-state index in [0.29, 0.717) is 11.9 Å². The van der Waals surface area contributed by atoms with Gasteiger partial charge in [-0.3, -0.25) is 4.90 Å². The zero-order valence-electron chi connectivity index (χ0n) is 13.2. The van der Waals surface area contributed by atoms with Gasteiger partial charge in [-0.05, 0) is 26.3 Å². The van der Waals surface area contributed by atoms with Crippen molar-refractivity contribution >= 4 is 21.4 Å². The van der Waals surface area contributed by atoms with Crippen LogP contribution in [0.5, 0.6) is 0 Å². The number of aromatic nitrogens is 5. The van der Waals surface area contributed by atoms with Gasteiger partial charge in [0.1, 0.15) is 0 Å². The highest BCUT2D eigenvalue weighted by Gasteiger charge is 2.22. The number of rotatable bonds is 4. The summed E-state index contributed by atoms with van der Waals surface area (Å²) in [7, 11) is 0. The van der Waals surface area contributed by atoms with Gasteiger partial charge >= 0.3 is 0 Å². The van der Waals surface area contributed by atoms with Crippen LogP contribution >= 0.6 is 11.3 Å². The van der Waals surface area contributed by atoms with Crippen molar-refractivity contribution in [2.24, 2.45) is 0 Å². The molecule has 3 aromatic rings. The summed E-state index contributed by atoms with van der Waals surface area (Å²) in [5, 5.41) is 13.0. The second-order valence-corrected chi connectivity index (χ2v) is 6.92. The van der Waals surface area contributed by atoms with E-state index in [9.17, 15) is 0 Å². The number of nitrogens with zero attached hydrogens (tertiary/aromatic N) is 6. The minimum absolute atomic E-state index is 0.383. The van der Waals surface area contributed by atoms with Crippen molar-refractivity contribution in [3.05, 3.63) is 23.6 Å². The predicted molar refractivity (Wildman–Crippen MR) is 86.6 cm³/mol. The summed E-state index contributed by atoms with van der Waals surface area (Å²) in [6.07, 6.45) is 4.24. The van der Waals surface area contributed by atoms with Gasteiger partial charge in [0.2, 0.25) is 16.0 Å². The lowest BCUT2D eigenvalue weighted by molar-refractivity contribution is 0.201. The average molecular weight is 333 g/mol. The minimum atomic E-state index is 0.383. The number of imidazole rings is 1. The SMILES string of the molecule is Cc1cn2nc(N[C@@H]3CCCN(Cc4noc(C)n4)C3)sc2n1. The molecule has 0 unspecified atom stereocenters. The molecule has 0 saturated carbocycles. The van der Waals surface area contributed by atoms with Crippen LogP contribution < -0.4 is 5.32 Å². The summed E-state index contributed by atoms with van der Waals surface area (Å²) in [6.45, 7) is 6.54. The molecule has 8 nitrogen and oxygen atoms in total. The Bertz CT molecular complexity index is 776. The van der Waals surface area contributed by atoms with E-state index in [2.05, 4.69) is 30.4 Å². The van der Waals surface area contributed by atoms with Gasteiger partial charge in [-0.2, -0.15) is 4.98 Å². The number of nitrogens with one attached hydrogen (secondary N) is 1. The Morgan fingerprint density at radius 1 is 1.39 bits per heavy atom. The maximum Gasteiger partial charge on any atom is 0.223 e. The van der Waals surface area contributed by atoms with E-state index in [1.54, 1.807) is 11.3 Å². The number of hydrogen-bond acceptors (Lipinski definition) is 8. The summed E-state index contributed by atoms with van der Waals surface area (Å²) >= 11 is 1.59. The van der Waals surface area contributed by atoms with Gasteiger partial charge in [-0.25, -0.2) is 9.50 Å². The van der Waals surface area contributed by atoms with Crippen molar-refractivity contribution in [1.29, 1.82) is 0 Å². The highest BCUT2D eigenvalue weighted by Crippen LogP contribution is 2.22. The lowest BCUT2D eigenvalue weighted by Gasteiger charge is -2.32. The first kappa shape index (κ1) is 14.6. The Morgan fingerprint density at radius 2 is 2.30 bits per heavy atom. The van der Waals surface area contributed by atoms with Crippen LogP contribution in [0.15, 0.2) is 10.7 Å². The van der Waals surface area contributed by atoms with Crippen molar-refractivity contribution in [2.45, 2.75) is 39.3 Å². The third-order valence-corrected chi connectivity index (χ3v) is 4.79. The first-order valence-corrected chi connectivity index (χ1v) is 8.58. The fourth-order valence-corrected chi connectivity index (χ4v) is 3.87. The number of likely N-dealkylation sites (tertiary alicyclic amines) is 1. The van der Waals surface area contributed by atoms with E-state index in [1.807, 2.05) is 24.6 Å². The van der Waals surface area contributed by atoms with E-state index in [0.717, 1.165) is 54.1 Å². The molecule has 1 saturated heterocycles. The minimum Gasteiger partial charge on any atom is -0.356 e. The first-order chi connectivity index (χ1) is 11.2. The smallest absolute Gasteiger partial charge is 0.223 e. The molecule has 4 rings (SSSR count). The molecule has 0 radical (unpaired) electrons. The first-order valence-electron chi connectivity index (χ1n) is 7.76. The highest BCUT2D eigenvalue weighted by atomic mass is 32.1. The van der Waals surface area contributed by atoms with Crippen molar-refractivity contribution in [1.82, 2.24) is 29.6 Å². The molecular formula is C14H19N7OS. The summed E-state index contributed by atoms with van der Waals surface area (Å²) in [5.41, 5.74) is 0.995. The Hall–Kier alpha value is -2.00. The van der Waals surface area contributed by atoms with Crippen molar-refractivity contribution < 1.29 is 4.52 Å². The summed E-state index contributed by atoms with van der Waals surface area (Å²) < 4.78 is 6.88. The van der Waals surface area contributed by atoms with Gasteiger partial charge in [-0.1, -0.05) is 16.5 Å². The molecule has 0 aromatic carbocycles. The zero-order valence-corrected chi connectivity index (χ0v) is 14.0. The number of hydrogen-bond donors (Lipinski definition) is 1. The largest absolute Gasteiger partial charge is 0.356 e. The molecule has 1 aliphatic rings. The monoisotopic (exact) mass is 333 g/mol. The van der Waals surface area contributed by atoms with Crippen LogP contribution in [0.1, 0.15) is 30.3 Å². The molecule has 0 bridgehead atoms. The van der Waals surface area contributed by atoms with Crippen LogP contribution in [0.2, 0.25) is 0 Å². The maximum absolute atomic E-state index is 5.04. The average Bonchev–Trinajstić information content (AvgIpc) is 3.14. The maximum atomic E-state index is 5.04. The van der Waals surface area contributed by atoms with E-state index in [-0.39, 0.29) is 0 Å². The molecule has 1 atom stereocenters. The number of aryl methyl sites for hydroxylation is 2. The molecule has 9 heteroatoms. The van der Waals surface area contributed by atoms with Crippen LogP contribution in [-0.4, -0.2) is 48.8 Å². The van der Waals surface area contributed by atoms with E-state index in [4.69, 9.17) is 4.52 Å². The Kier molecular flexibility index (Phi) is 3.74. The van der Waals surface area contributed by atoms with Gasteiger partial charge in [-0.15, -0.1) is 5.10 Å². The predicted octanol–water partition coefficient (Wildman–Crippen LogP) is 1.87. The van der Waals surface area contributed by atoms with Crippen molar-refractivity contribution in [3.63, 3.8) is 0 Å². The fraction of sp³-hybridized carbons (Fsp3) is 0.571. The van der Waals surface area contributed by atoms with Crippen LogP contribution in [0.25, 0.3) is 4.96 Å². The molecule has 0 spiro atoms. The lowest BCUT2D eigenvalue weighted by Crippen LogP contribution is -2.41. The molecule has 1 N–H and O–H groups in total. The molecule has 23 heavy (non-hydrogen) atoms. The second kappa shape index (κ2) is 5.89. The quantitative estimate of drug-likeness (QED) is 0.780. The highest BCUT2D eigenvalue weighted by molar-refractivity contribution is 7.20. The van der Waals surface area contributed by atoms with Crippen LogP contribution in [0.3, 0.4) is 0 Å². The second-order valence-electron chi connectivity index (χ2n) is 5.96. The van der Waals surface area contributed by atoms with Gasteiger partial charge in [0.25, 0.3) is 0 Å². The van der Waals surface area contributed by atoms with Gasteiger partial charge in [0.15, 0.2) is 5.82 Å². The van der Waals surface area contributed by atoms with E-state index >= 15 is 0 Å². The standard InChI is InChI=1S/C14H19N7OS/c1-9-6-21-14(15-9)23-13(18-21)17-11-4-3-5-20(7-11)8-12-16-10(2)22-19-12/h6,11H,3-5,7-8H2,1-2H3,(H,17,18)/t11-/m1/s1. The normalized spacial score (nSPS) is 19.5. The molecule has 1 aliphatic heterocycles. The van der Waals surface area contributed by atoms with Crippen molar-refractivity contribution in [2.75, 3.05) is 18.4 Å². The van der Waals surface area contributed by atoms with Gasteiger partial charge in [0.05, 0.1) is 18.4 Å². The van der Waals surface area contributed by atoms with E-state index < -0.39 is 0 Å². The Labute approximate surface area is 137 Å². The molecule has 1 fully saturated rings. The molecule has 0 amide bonds. The lowest BCUT2D eigenvalue weighted by atomic mass is 10.1. The molecule has 4 heterocycles. The Morgan fingerprint density at radius 3 is 3.09 bits per heavy atom. The number of fused-ring (bicyclic) bond motifs is 1. The Balaban J connectivity index is 1.39. The van der Waals surface area contributed by atoms with Crippen molar-refractivity contribution in [3.8, 4) is 0 Å². The van der Waals surface area contributed by atoms with Gasteiger partial charge in [0, 0.05) is 19.5 Å². The number of piperidine rings is 1.